The van der Waals surface area contributed by atoms with E-state index < -0.39 is 0 Å². The van der Waals surface area contributed by atoms with E-state index in [0.717, 1.165) is 28.6 Å². The molecule has 6 heteroatoms. The minimum absolute atomic E-state index is 0.298. The number of nitrogens with zero attached hydrogens (tertiary/aromatic N) is 4. The lowest BCUT2D eigenvalue weighted by molar-refractivity contribution is -0.801. The lowest BCUT2D eigenvalue weighted by Crippen LogP contribution is -2.41. The van der Waals surface area contributed by atoms with Gasteiger partial charge in [0.1, 0.15) is 11.0 Å². The first-order valence-electron chi connectivity index (χ1n) is 7.34. The standard InChI is InChI=1S/C16H16N6/c1-10-3-4-13-15(5-10)21-22(20-13)9-11(2)12-6-14-16(17-7-12)8-18-19-14/h3-8,11H,9H2,1-2H3,(H,17,18,19)/p+1. The fourth-order valence-corrected chi connectivity index (χ4v) is 2.68. The summed E-state index contributed by atoms with van der Waals surface area (Å²) in [6.07, 6.45) is 3.65. The minimum Gasteiger partial charge on any atom is -0.276 e. The van der Waals surface area contributed by atoms with Crippen molar-refractivity contribution in [3.8, 4) is 0 Å². The van der Waals surface area contributed by atoms with Crippen LogP contribution in [-0.4, -0.2) is 25.4 Å². The molecule has 0 bridgehead atoms. The first-order chi connectivity index (χ1) is 10.7. The zero-order valence-corrected chi connectivity index (χ0v) is 12.5. The molecule has 22 heavy (non-hydrogen) atoms. The number of hydrogen-bond acceptors (Lipinski definition) is 3. The van der Waals surface area contributed by atoms with Crippen molar-refractivity contribution < 1.29 is 4.80 Å². The Kier molecular flexibility index (Phi) is 2.89. The van der Waals surface area contributed by atoms with Crippen LogP contribution in [0.15, 0.2) is 36.7 Å². The molecule has 3 aromatic heterocycles. The number of fused-ring (bicyclic) bond motifs is 2. The number of aromatic amines is 2. The van der Waals surface area contributed by atoms with E-state index in [4.69, 9.17) is 0 Å². The van der Waals surface area contributed by atoms with Gasteiger partial charge in [0.25, 0.3) is 0 Å². The monoisotopic (exact) mass is 293 g/mol. The molecule has 4 rings (SSSR count). The molecule has 3 heterocycles. The van der Waals surface area contributed by atoms with Gasteiger partial charge in [0.05, 0.1) is 11.7 Å². The van der Waals surface area contributed by atoms with Crippen molar-refractivity contribution in [1.82, 2.24) is 25.4 Å². The molecule has 2 N–H and O–H groups in total. The highest BCUT2D eigenvalue weighted by Crippen LogP contribution is 2.18. The molecular formula is C16H17N6+. The first kappa shape index (κ1) is 12.9. The van der Waals surface area contributed by atoms with Gasteiger partial charge in [-0.2, -0.15) is 5.10 Å². The van der Waals surface area contributed by atoms with Crippen LogP contribution in [0, 0.1) is 6.92 Å². The van der Waals surface area contributed by atoms with Gasteiger partial charge in [0, 0.05) is 17.2 Å². The van der Waals surface area contributed by atoms with E-state index in [9.17, 15) is 0 Å². The van der Waals surface area contributed by atoms with Crippen molar-refractivity contribution in [3.63, 3.8) is 0 Å². The number of rotatable bonds is 3. The van der Waals surface area contributed by atoms with Gasteiger partial charge in [-0.15, -0.1) is 5.10 Å². The van der Waals surface area contributed by atoms with E-state index in [1.165, 1.54) is 11.1 Å². The normalized spacial score (nSPS) is 13.0. The van der Waals surface area contributed by atoms with Gasteiger partial charge >= 0.3 is 0 Å². The Balaban J connectivity index is 1.62. The van der Waals surface area contributed by atoms with Gasteiger partial charge in [0.15, 0.2) is 5.52 Å². The van der Waals surface area contributed by atoms with Crippen LogP contribution in [-0.2, 0) is 6.54 Å². The van der Waals surface area contributed by atoms with Crippen molar-refractivity contribution in [2.24, 2.45) is 0 Å². The lowest BCUT2D eigenvalue weighted by Gasteiger charge is -2.05. The molecule has 1 unspecified atom stereocenters. The summed E-state index contributed by atoms with van der Waals surface area (Å²) in [5, 5.41) is 14.9. The van der Waals surface area contributed by atoms with Gasteiger partial charge in [-0.05, 0) is 41.0 Å². The van der Waals surface area contributed by atoms with Crippen LogP contribution in [0.25, 0.3) is 22.1 Å². The SMILES string of the molecule is Cc1ccc2[nH][n+](CC(C)c3cnc4cn[nH]c4c3)nc2c1. The number of benzene rings is 1. The van der Waals surface area contributed by atoms with Crippen LogP contribution in [0.4, 0.5) is 0 Å². The average molecular weight is 293 g/mol. The zero-order valence-electron chi connectivity index (χ0n) is 12.5. The number of hydrogen-bond donors (Lipinski definition) is 2. The van der Waals surface area contributed by atoms with Crippen LogP contribution in [0.2, 0.25) is 0 Å². The molecule has 0 fully saturated rings. The number of aryl methyl sites for hydroxylation is 1. The minimum atomic E-state index is 0.298. The van der Waals surface area contributed by atoms with Crippen LogP contribution in [0.5, 0.6) is 0 Å². The van der Waals surface area contributed by atoms with Crippen LogP contribution < -0.4 is 4.80 Å². The third-order valence-corrected chi connectivity index (χ3v) is 3.96. The molecule has 0 aliphatic carbocycles. The van der Waals surface area contributed by atoms with Crippen LogP contribution >= 0.6 is 0 Å². The largest absolute Gasteiger partial charge is 0.276 e. The zero-order chi connectivity index (χ0) is 15.1. The second-order valence-electron chi connectivity index (χ2n) is 5.79. The number of nitrogens with one attached hydrogen (secondary N) is 2. The van der Waals surface area contributed by atoms with E-state index in [1.807, 2.05) is 11.0 Å². The summed E-state index contributed by atoms with van der Waals surface area (Å²) in [5.41, 5.74) is 6.29. The topological polar surface area (TPSA) is 74.1 Å². The fraction of sp³-hybridized carbons (Fsp3) is 0.250. The Bertz CT molecular complexity index is 952. The molecule has 4 aromatic rings. The second kappa shape index (κ2) is 4.91. The van der Waals surface area contributed by atoms with Gasteiger partial charge in [-0.1, -0.05) is 13.0 Å². The maximum Gasteiger partial charge on any atom is 0.207 e. The van der Waals surface area contributed by atoms with Gasteiger partial charge in [0.2, 0.25) is 6.54 Å². The molecule has 6 nitrogen and oxygen atoms in total. The average Bonchev–Trinajstić information content (AvgIpc) is 3.11. The Morgan fingerprint density at radius 2 is 2.05 bits per heavy atom. The second-order valence-corrected chi connectivity index (χ2v) is 5.79. The highest BCUT2D eigenvalue weighted by Gasteiger charge is 2.17. The van der Waals surface area contributed by atoms with E-state index in [0.29, 0.717) is 5.92 Å². The number of aromatic nitrogens is 6. The molecule has 1 atom stereocenters. The third kappa shape index (κ3) is 2.22. The summed E-state index contributed by atoms with van der Waals surface area (Å²) in [6.45, 7) is 5.02. The summed E-state index contributed by atoms with van der Waals surface area (Å²) in [4.78, 5) is 6.32. The predicted octanol–water partition coefficient (Wildman–Crippen LogP) is 2.23. The Morgan fingerprint density at radius 3 is 2.95 bits per heavy atom. The van der Waals surface area contributed by atoms with Crippen molar-refractivity contribution in [1.29, 1.82) is 0 Å². The maximum absolute atomic E-state index is 4.61. The molecule has 1 aromatic carbocycles. The van der Waals surface area contributed by atoms with Crippen molar-refractivity contribution in [2.75, 3.05) is 0 Å². The predicted molar refractivity (Wildman–Crippen MR) is 83.3 cm³/mol. The third-order valence-electron chi connectivity index (χ3n) is 3.96. The quantitative estimate of drug-likeness (QED) is 0.569. The highest BCUT2D eigenvalue weighted by atomic mass is 15.5. The molecule has 0 saturated carbocycles. The number of H-pyrrole nitrogens is 2. The van der Waals surface area contributed by atoms with E-state index >= 15 is 0 Å². The molecule has 0 saturated heterocycles. The fourth-order valence-electron chi connectivity index (χ4n) is 2.68. The van der Waals surface area contributed by atoms with E-state index in [1.54, 1.807) is 6.20 Å². The Hall–Kier alpha value is -2.76. The summed E-state index contributed by atoms with van der Waals surface area (Å²) < 4.78 is 0. The van der Waals surface area contributed by atoms with Gasteiger partial charge in [-0.25, -0.2) is 0 Å². The van der Waals surface area contributed by atoms with Crippen LogP contribution in [0.3, 0.4) is 0 Å². The van der Waals surface area contributed by atoms with Crippen molar-refractivity contribution in [3.05, 3.63) is 47.8 Å². The molecule has 110 valence electrons. The maximum atomic E-state index is 4.61. The highest BCUT2D eigenvalue weighted by molar-refractivity contribution is 5.74. The van der Waals surface area contributed by atoms with Crippen LogP contribution in [0.1, 0.15) is 24.0 Å². The Morgan fingerprint density at radius 1 is 1.14 bits per heavy atom. The summed E-state index contributed by atoms with van der Waals surface area (Å²) in [6, 6.07) is 8.35. The molecule has 0 spiro atoms. The van der Waals surface area contributed by atoms with E-state index in [-0.39, 0.29) is 0 Å². The van der Waals surface area contributed by atoms with Gasteiger partial charge in [-0.3, -0.25) is 10.1 Å². The van der Waals surface area contributed by atoms with Gasteiger partial charge < -0.3 is 0 Å². The molecular weight excluding hydrogens is 276 g/mol. The van der Waals surface area contributed by atoms with Crippen molar-refractivity contribution >= 4 is 22.1 Å². The van der Waals surface area contributed by atoms with E-state index in [2.05, 4.69) is 63.5 Å². The molecule has 0 radical (unpaired) electrons. The molecule has 0 amide bonds. The molecule has 0 aliphatic rings. The first-order valence-corrected chi connectivity index (χ1v) is 7.34. The summed E-state index contributed by atoms with van der Waals surface area (Å²) in [5.74, 6) is 0.298. The molecule has 0 aliphatic heterocycles. The summed E-state index contributed by atoms with van der Waals surface area (Å²) >= 11 is 0. The summed E-state index contributed by atoms with van der Waals surface area (Å²) in [7, 11) is 0. The lowest BCUT2D eigenvalue weighted by atomic mass is 10.0. The smallest absolute Gasteiger partial charge is 0.207 e. The van der Waals surface area contributed by atoms with Crippen molar-refractivity contribution in [2.45, 2.75) is 26.3 Å². The number of pyridine rings is 1. The Labute approximate surface area is 127 Å².